The van der Waals surface area contributed by atoms with Gasteiger partial charge in [-0.15, -0.1) is 0 Å². The molecule has 0 amide bonds. The summed E-state index contributed by atoms with van der Waals surface area (Å²) < 4.78 is 43.7. The number of azide groups is 1. The lowest BCUT2D eigenvalue weighted by molar-refractivity contribution is -0.192. The van der Waals surface area contributed by atoms with Gasteiger partial charge in [-0.1, -0.05) is 25.9 Å². The summed E-state index contributed by atoms with van der Waals surface area (Å²) in [6.45, 7) is 4.52. The largest absolute Gasteiger partial charge is 0.490 e. The second-order valence-corrected chi connectivity index (χ2v) is 7.57. The van der Waals surface area contributed by atoms with Gasteiger partial charge < -0.3 is 31.2 Å². The fourth-order valence-corrected chi connectivity index (χ4v) is 2.73. The molecule has 1 fully saturated rings. The van der Waals surface area contributed by atoms with Crippen LogP contribution in [0.15, 0.2) is 22.2 Å². The molecule has 6 N–H and O–H groups in total. The number of carbonyl (C=O) groups excluding carboxylic acids is 1. The van der Waals surface area contributed by atoms with Gasteiger partial charge >= 0.3 is 23.8 Å². The summed E-state index contributed by atoms with van der Waals surface area (Å²) in [6.07, 6.45) is -6.10. The molecule has 0 saturated carbocycles. The van der Waals surface area contributed by atoms with Gasteiger partial charge in [-0.3, -0.25) is 9.36 Å². The number of alkyl halides is 3. The topological polar surface area (TPSA) is 229 Å². The first-order chi connectivity index (χ1) is 15.6. The molecule has 0 unspecified atom stereocenters. The number of aliphatic hydroxyl groups excluding tert-OH is 1. The molecule has 1 aromatic heterocycles. The Hall–Kier alpha value is -3.40. The maximum atomic E-state index is 12.1. The number of rotatable bonds is 6. The van der Waals surface area contributed by atoms with Crippen LogP contribution >= 0.6 is 0 Å². The van der Waals surface area contributed by atoms with E-state index in [0.29, 0.717) is 0 Å². The van der Waals surface area contributed by atoms with Crippen LogP contribution < -0.4 is 17.2 Å². The Balaban J connectivity index is 0.000000718. The van der Waals surface area contributed by atoms with Gasteiger partial charge in [0, 0.05) is 17.0 Å². The number of esters is 1. The number of carbonyl (C=O) groups is 2. The minimum atomic E-state index is -5.08. The molecule has 2 rings (SSSR count). The van der Waals surface area contributed by atoms with Crippen molar-refractivity contribution in [3.05, 3.63) is 33.2 Å². The minimum Gasteiger partial charge on any atom is -0.475 e. The molecule has 0 radical (unpaired) electrons. The van der Waals surface area contributed by atoms with E-state index in [-0.39, 0.29) is 11.7 Å². The number of anilines is 1. The van der Waals surface area contributed by atoms with Crippen LogP contribution in [0.1, 0.15) is 27.0 Å². The van der Waals surface area contributed by atoms with Gasteiger partial charge in [-0.05, 0) is 17.5 Å². The summed E-state index contributed by atoms with van der Waals surface area (Å²) in [7, 11) is 0. The number of aromatic nitrogens is 2. The standard InChI is InChI=1S/C15H23N7O5.C2HF3O2/c1-7(2)10(17)13(24)26-6-15(20-21-18)11(23)8(3)12(27-15)22-5-4-9(16)19-14(22)25;3-2(4,5)1(6)7/h4-5,7-8,10-12,23H,6,17H2,1-3H3,(H2,16,19,25);(H,6,7)/t8-,10+,11+,12-,15-;/m1./s1. The van der Waals surface area contributed by atoms with Gasteiger partial charge in [-0.25, -0.2) is 9.59 Å². The fourth-order valence-electron chi connectivity index (χ4n) is 2.73. The van der Waals surface area contributed by atoms with Gasteiger partial charge in [0.2, 0.25) is 5.72 Å². The van der Waals surface area contributed by atoms with E-state index in [0.717, 1.165) is 4.57 Å². The van der Waals surface area contributed by atoms with Crippen LogP contribution in [0.25, 0.3) is 10.4 Å². The normalized spacial score (nSPS) is 25.0. The Labute approximate surface area is 189 Å². The Kier molecular flexibility index (Phi) is 9.39. The molecular weight excluding hydrogens is 471 g/mol. The lowest BCUT2D eigenvalue weighted by Crippen LogP contribution is -2.46. The molecule has 14 nitrogen and oxygen atoms in total. The van der Waals surface area contributed by atoms with Crippen LogP contribution in [-0.2, 0) is 19.1 Å². The highest BCUT2D eigenvalue weighted by Gasteiger charge is 2.54. The lowest BCUT2D eigenvalue weighted by atomic mass is 9.98. The average Bonchev–Trinajstić information content (AvgIpc) is 2.97. The zero-order valence-corrected chi connectivity index (χ0v) is 18.2. The Morgan fingerprint density at radius 2 is 2.03 bits per heavy atom. The van der Waals surface area contributed by atoms with Crippen LogP contribution in [0.3, 0.4) is 0 Å². The number of ether oxygens (including phenoxy) is 2. The molecule has 0 spiro atoms. The SMILES string of the molecule is CC(C)[C@H](N)C(=O)OC[C@@]1(N=[N+]=[N-])O[C@@H](n2ccc(N)nc2=O)[C@H](C)[C@@H]1O.O=C(O)C(F)(F)F. The Bertz CT molecular complexity index is 996. The first-order valence-electron chi connectivity index (χ1n) is 9.56. The number of nitrogens with two attached hydrogens (primary N) is 2. The third kappa shape index (κ3) is 6.80. The minimum absolute atomic E-state index is 0.0281. The summed E-state index contributed by atoms with van der Waals surface area (Å²) in [4.78, 5) is 39.3. The highest BCUT2D eigenvalue weighted by molar-refractivity contribution is 5.75. The number of carboxylic acid groups (broad SMARTS) is 1. The van der Waals surface area contributed by atoms with Crippen LogP contribution in [0.2, 0.25) is 0 Å². The molecular formula is C17H24F3N7O7. The molecule has 17 heteroatoms. The molecule has 0 bridgehead atoms. The molecule has 1 saturated heterocycles. The predicted molar refractivity (Wildman–Crippen MR) is 108 cm³/mol. The Morgan fingerprint density at radius 1 is 1.47 bits per heavy atom. The van der Waals surface area contributed by atoms with E-state index < -0.39 is 60.4 Å². The third-order valence-electron chi connectivity index (χ3n) is 4.73. The summed E-state index contributed by atoms with van der Waals surface area (Å²) in [5, 5.41) is 21.2. The number of hydrogen-bond acceptors (Lipinski definition) is 10. The van der Waals surface area contributed by atoms with Crippen molar-refractivity contribution in [2.75, 3.05) is 12.3 Å². The van der Waals surface area contributed by atoms with Crippen molar-refractivity contribution in [2.24, 2.45) is 22.7 Å². The summed E-state index contributed by atoms with van der Waals surface area (Å²) >= 11 is 0. The lowest BCUT2D eigenvalue weighted by Gasteiger charge is -2.27. The molecule has 1 aromatic rings. The summed E-state index contributed by atoms with van der Waals surface area (Å²) in [5.74, 6) is -4.31. The fraction of sp³-hybridized carbons (Fsp3) is 0.647. The van der Waals surface area contributed by atoms with Gasteiger partial charge in [0.15, 0.2) is 0 Å². The van der Waals surface area contributed by atoms with Crippen molar-refractivity contribution in [2.45, 2.75) is 51.0 Å². The summed E-state index contributed by atoms with van der Waals surface area (Å²) in [5.41, 5.74) is 17.5. The van der Waals surface area contributed by atoms with E-state index in [1.54, 1.807) is 20.8 Å². The van der Waals surface area contributed by atoms with E-state index >= 15 is 0 Å². The number of nitrogens with zero attached hydrogens (tertiary/aromatic N) is 5. The van der Waals surface area contributed by atoms with Crippen molar-refractivity contribution in [3.63, 3.8) is 0 Å². The second-order valence-electron chi connectivity index (χ2n) is 7.57. The van der Waals surface area contributed by atoms with Crippen molar-refractivity contribution in [1.29, 1.82) is 0 Å². The zero-order chi connectivity index (χ0) is 26.4. The maximum Gasteiger partial charge on any atom is 0.490 e. The first kappa shape index (κ1) is 28.6. The highest BCUT2D eigenvalue weighted by atomic mass is 19.4. The molecule has 1 aliphatic heterocycles. The molecule has 0 aromatic carbocycles. The maximum absolute atomic E-state index is 12.1. The molecule has 34 heavy (non-hydrogen) atoms. The monoisotopic (exact) mass is 495 g/mol. The number of halogens is 3. The van der Waals surface area contributed by atoms with E-state index in [1.165, 1.54) is 12.3 Å². The van der Waals surface area contributed by atoms with Crippen LogP contribution in [0.4, 0.5) is 19.0 Å². The quantitative estimate of drug-likeness (QED) is 0.185. The van der Waals surface area contributed by atoms with Crippen molar-refractivity contribution in [1.82, 2.24) is 9.55 Å². The van der Waals surface area contributed by atoms with Crippen molar-refractivity contribution < 1.29 is 42.4 Å². The number of hydrogen-bond donors (Lipinski definition) is 4. The molecule has 2 heterocycles. The summed E-state index contributed by atoms with van der Waals surface area (Å²) in [6, 6.07) is 0.503. The number of nitrogen functional groups attached to an aromatic ring is 1. The predicted octanol–water partition coefficient (Wildman–Crippen LogP) is 0.518. The van der Waals surface area contributed by atoms with Crippen molar-refractivity contribution in [3.8, 4) is 0 Å². The Morgan fingerprint density at radius 3 is 2.47 bits per heavy atom. The highest BCUT2D eigenvalue weighted by Crippen LogP contribution is 2.42. The molecule has 5 atom stereocenters. The van der Waals surface area contributed by atoms with E-state index in [9.17, 15) is 27.9 Å². The number of aliphatic hydroxyl groups is 1. The zero-order valence-electron chi connectivity index (χ0n) is 18.2. The van der Waals surface area contributed by atoms with Crippen LogP contribution in [-0.4, -0.2) is 62.4 Å². The first-order valence-corrected chi connectivity index (χ1v) is 9.56. The van der Waals surface area contributed by atoms with E-state index in [4.69, 9.17) is 36.4 Å². The number of aliphatic carboxylic acids is 1. The second kappa shape index (κ2) is 11.1. The third-order valence-corrected chi connectivity index (χ3v) is 4.73. The van der Waals surface area contributed by atoms with Gasteiger partial charge in [-0.2, -0.15) is 18.2 Å². The van der Waals surface area contributed by atoms with Gasteiger partial charge in [0.05, 0.1) is 6.10 Å². The average molecular weight is 495 g/mol. The van der Waals surface area contributed by atoms with Crippen LogP contribution in [0, 0.1) is 11.8 Å². The molecule has 0 aliphatic carbocycles. The van der Waals surface area contributed by atoms with E-state index in [1.807, 2.05) is 0 Å². The number of carboxylic acids is 1. The van der Waals surface area contributed by atoms with Gasteiger partial charge in [0.1, 0.15) is 24.7 Å². The molecule has 190 valence electrons. The van der Waals surface area contributed by atoms with Crippen molar-refractivity contribution >= 4 is 17.8 Å². The smallest absolute Gasteiger partial charge is 0.475 e. The van der Waals surface area contributed by atoms with Gasteiger partial charge in [0.25, 0.3) is 0 Å². The molecule has 1 aliphatic rings. The van der Waals surface area contributed by atoms with E-state index in [2.05, 4.69) is 15.0 Å². The van der Waals surface area contributed by atoms with Crippen LogP contribution in [0.5, 0.6) is 0 Å².